The van der Waals surface area contributed by atoms with Gasteiger partial charge in [0.25, 0.3) is 0 Å². The maximum atomic E-state index is 10.4. The van der Waals surface area contributed by atoms with Crippen LogP contribution in [-0.2, 0) is 0 Å². The molecule has 1 unspecified atom stereocenters. The maximum absolute atomic E-state index is 10.4. The normalized spacial score (nSPS) is 16.6. The summed E-state index contributed by atoms with van der Waals surface area (Å²) < 4.78 is 0. The zero-order chi connectivity index (χ0) is 12.5. The Labute approximate surface area is 103 Å². The molecule has 1 atom stereocenters. The first kappa shape index (κ1) is 13.9. The van der Waals surface area contributed by atoms with Gasteiger partial charge in [0.05, 0.1) is 6.10 Å². The Morgan fingerprint density at radius 3 is 2.24 bits per heavy atom. The molecule has 1 fully saturated rings. The smallest absolute Gasteiger partial charge is 0.150 e. The number of piperidine rings is 1. The van der Waals surface area contributed by atoms with Gasteiger partial charge in [0.1, 0.15) is 6.29 Å². The summed E-state index contributed by atoms with van der Waals surface area (Å²) in [4.78, 5) is 10.4. The van der Waals surface area contributed by atoms with Gasteiger partial charge < -0.3 is 10.4 Å². The summed E-state index contributed by atoms with van der Waals surface area (Å²) in [7, 11) is 0. The van der Waals surface area contributed by atoms with Crippen molar-refractivity contribution < 1.29 is 9.90 Å². The van der Waals surface area contributed by atoms with Crippen molar-refractivity contribution in [3.8, 4) is 0 Å². The molecule has 3 heteroatoms. The van der Waals surface area contributed by atoms with Crippen LogP contribution in [0.25, 0.3) is 0 Å². The SMILES string of the molecule is C1CCNCC1.CC(O)c1ccccc1C=O. The van der Waals surface area contributed by atoms with Crippen molar-refractivity contribution in [3.05, 3.63) is 35.4 Å². The number of aldehydes is 1. The van der Waals surface area contributed by atoms with Crippen molar-refractivity contribution in [1.82, 2.24) is 5.32 Å². The fourth-order valence-electron chi connectivity index (χ4n) is 1.80. The van der Waals surface area contributed by atoms with Crippen molar-refractivity contribution in [2.24, 2.45) is 0 Å². The van der Waals surface area contributed by atoms with E-state index in [9.17, 15) is 9.90 Å². The second-order valence-corrected chi connectivity index (χ2v) is 4.23. The fourth-order valence-corrected chi connectivity index (χ4v) is 1.80. The number of benzene rings is 1. The van der Waals surface area contributed by atoms with Gasteiger partial charge in [-0.25, -0.2) is 0 Å². The van der Waals surface area contributed by atoms with E-state index < -0.39 is 6.10 Å². The average molecular weight is 235 g/mol. The summed E-state index contributed by atoms with van der Waals surface area (Å²) >= 11 is 0. The number of nitrogens with one attached hydrogen (secondary N) is 1. The summed E-state index contributed by atoms with van der Waals surface area (Å²) in [6.07, 6.45) is 4.39. The van der Waals surface area contributed by atoms with Crippen LogP contribution < -0.4 is 5.32 Å². The van der Waals surface area contributed by atoms with E-state index in [0.29, 0.717) is 11.1 Å². The molecule has 2 N–H and O–H groups in total. The standard InChI is InChI=1S/C9H10O2.C5H11N/c1-7(11)9-5-3-2-4-8(9)6-10;1-2-4-6-5-3-1/h2-7,11H,1H3;6H,1-5H2. The number of carbonyl (C=O) groups excluding carboxylic acids is 1. The number of aliphatic hydroxyl groups is 1. The molecule has 0 amide bonds. The molecule has 2 rings (SSSR count). The zero-order valence-corrected chi connectivity index (χ0v) is 10.4. The van der Waals surface area contributed by atoms with Gasteiger partial charge in [0.2, 0.25) is 0 Å². The quantitative estimate of drug-likeness (QED) is 0.773. The molecule has 1 aromatic rings. The molecule has 1 saturated heterocycles. The second kappa shape index (κ2) is 7.98. The van der Waals surface area contributed by atoms with Crippen molar-refractivity contribution in [1.29, 1.82) is 0 Å². The maximum Gasteiger partial charge on any atom is 0.150 e. The molecule has 17 heavy (non-hydrogen) atoms. The summed E-state index contributed by atoms with van der Waals surface area (Å²) in [6.45, 7) is 4.14. The van der Waals surface area contributed by atoms with Crippen LogP contribution >= 0.6 is 0 Å². The van der Waals surface area contributed by atoms with Crippen LogP contribution in [0.2, 0.25) is 0 Å². The van der Waals surface area contributed by atoms with Gasteiger partial charge in [-0.15, -0.1) is 0 Å². The molecule has 0 radical (unpaired) electrons. The molecule has 0 saturated carbocycles. The highest BCUT2D eigenvalue weighted by Gasteiger charge is 2.04. The summed E-state index contributed by atoms with van der Waals surface area (Å²) in [5, 5.41) is 12.5. The molecule has 0 aromatic heterocycles. The lowest BCUT2D eigenvalue weighted by atomic mass is 10.0. The Hall–Kier alpha value is -1.19. The number of aliphatic hydroxyl groups excluding tert-OH is 1. The molecule has 1 aromatic carbocycles. The predicted molar refractivity (Wildman–Crippen MR) is 69.2 cm³/mol. The highest BCUT2D eigenvalue weighted by molar-refractivity contribution is 5.77. The Balaban J connectivity index is 0.000000202. The minimum absolute atomic E-state index is 0.558. The van der Waals surface area contributed by atoms with Crippen molar-refractivity contribution in [2.75, 3.05) is 13.1 Å². The third kappa shape index (κ3) is 5.11. The van der Waals surface area contributed by atoms with E-state index in [4.69, 9.17) is 0 Å². The topological polar surface area (TPSA) is 49.3 Å². The third-order valence-corrected chi connectivity index (χ3v) is 2.78. The Morgan fingerprint density at radius 1 is 1.24 bits per heavy atom. The van der Waals surface area contributed by atoms with Crippen LogP contribution in [0.15, 0.2) is 24.3 Å². The van der Waals surface area contributed by atoms with Gasteiger partial charge in [-0.2, -0.15) is 0 Å². The van der Waals surface area contributed by atoms with Crippen molar-refractivity contribution in [2.45, 2.75) is 32.3 Å². The van der Waals surface area contributed by atoms with E-state index in [-0.39, 0.29) is 0 Å². The van der Waals surface area contributed by atoms with E-state index in [1.165, 1.54) is 32.4 Å². The molecular weight excluding hydrogens is 214 g/mol. The van der Waals surface area contributed by atoms with Crippen LogP contribution in [0.3, 0.4) is 0 Å². The van der Waals surface area contributed by atoms with Gasteiger partial charge >= 0.3 is 0 Å². The second-order valence-electron chi connectivity index (χ2n) is 4.23. The molecule has 1 aliphatic heterocycles. The summed E-state index contributed by atoms with van der Waals surface area (Å²) in [5.41, 5.74) is 1.24. The van der Waals surface area contributed by atoms with Crippen molar-refractivity contribution in [3.63, 3.8) is 0 Å². The lowest BCUT2D eigenvalue weighted by Gasteiger charge is -2.08. The lowest BCUT2D eigenvalue weighted by molar-refractivity contribution is 0.111. The van der Waals surface area contributed by atoms with Crippen LogP contribution in [0, 0.1) is 0 Å². The van der Waals surface area contributed by atoms with Gasteiger partial charge in [-0.3, -0.25) is 4.79 Å². The van der Waals surface area contributed by atoms with E-state index >= 15 is 0 Å². The first-order chi connectivity index (χ1) is 8.25. The Morgan fingerprint density at radius 2 is 1.88 bits per heavy atom. The first-order valence-electron chi connectivity index (χ1n) is 6.18. The highest BCUT2D eigenvalue weighted by atomic mass is 16.3. The van der Waals surface area contributed by atoms with E-state index in [1.54, 1.807) is 31.2 Å². The van der Waals surface area contributed by atoms with Gasteiger partial charge in [0.15, 0.2) is 0 Å². The number of carbonyl (C=O) groups is 1. The Kier molecular flexibility index (Phi) is 6.51. The van der Waals surface area contributed by atoms with Crippen LogP contribution in [0.5, 0.6) is 0 Å². The number of rotatable bonds is 2. The van der Waals surface area contributed by atoms with Gasteiger partial charge in [0, 0.05) is 5.56 Å². The highest BCUT2D eigenvalue weighted by Crippen LogP contribution is 2.14. The van der Waals surface area contributed by atoms with E-state index in [2.05, 4.69) is 5.32 Å². The molecule has 0 aliphatic carbocycles. The third-order valence-electron chi connectivity index (χ3n) is 2.78. The fraction of sp³-hybridized carbons (Fsp3) is 0.500. The lowest BCUT2D eigenvalue weighted by Crippen LogP contribution is -2.21. The number of hydrogen-bond acceptors (Lipinski definition) is 3. The largest absolute Gasteiger partial charge is 0.389 e. The molecule has 0 bridgehead atoms. The van der Waals surface area contributed by atoms with E-state index in [0.717, 1.165) is 6.29 Å². The summed E-state index contributed by atoms with van der Waals surface area (Å²) in [5.74, 6) is 0. The van der Waals surface area contributed by atoms with Crippen LogP contribution in [0.4, 0.5) is 0 Å². The monoisotopic (exact) mass is 235 g/mol. The average Bonchev–Trinajstić information content (AvgIpc) is 2.41. The molecule has 1 aliphatic rings. The van der Waals surface area contributed by atoms with Gasteiger partial charge in [-0.05, 0) is 38.4 Å². The predicted octanol–water partition coefficient (Wildman–Crippen LogP) is 2.31. The summed E-state index contributed by atoms with van der Waals surface area (Å²) in [6, 6.07) is 7.01. The Bertz CT molecular complexity index is 321. The number of hydrogen-bond donors (Lipinski definition) is 2. The van der Waals surface area contributed by atoms with Crippen LogP contribution in [-0.4, -0.2) is 24.5 Å². The van der Waals surface area contributed by atoms with Gasteiger partial charge in [-0.1, -0.05) is 30.7 Å². The first-order valence-corrected chi connectivity index (χ1v) is 6.18. The van der Waals surface area contributed by atoms with Crippen molar-refractivity contribution >= 4 is 6.29 Å². The molecule has 3 nitrogen and oxygen atoms in total. The molecule has 94 valence electrons. The van der Waals surface area contributed by atoms with E-state index in [1.807, 2.05) is 0 Å². The molecular formula is C14H21NO2. The minimum atomic E-state index is -0.573. The minimum Gasteiger partial charge on any atom is -0.389 e. The molecule has 0 spiro atoms. The molecule has 1 heterocycles. The zero-order valence-electron chi connectivity index (χ0n) is 10.4. The van der Waals surface area contributed by atoms with Crippen LogP contribution in [0.1, 0.15) is 48.2 Å².